The molecule has 3 aromatic rings. The van der Waals surface area contributed by atoms with Crippen LogP contribution in [0.5, 0.6) is 0 Å². The Bertz CT molecular complexity index is 892. The summed E-state index contributed by atoms with van der Waals surface area (Å²) in [6.45, 7) is -0.0643. The van der Waals surface area contributed by atoms with E-state index in [2.05, 4.69) is 14.9 Å². The Morgan fingerprint density at radius 1 is 1.17 bits per heavy atom. The van der Waals surface area contributed by atoms with Gasteiger partial charge < -0.3 is 4.42 Å². The molecule has 0 saturated carbocycles. The third-order valence-electron chi connectivity index (χ3n) is 2.95. The molecule has 1 aromatic carbocycles. The molecule has 0 aliphatic heterocycles. The molecule has 1 N–H and O–H groups in total. The first-order chi connectivity index (χ1) is 11.0. The van der Waals surface area contributed by atoms with Gasteiger partial charge >= 0.3 is 0 Å². The summed E-state index contributed by atoms with van der Waals surface area (Å²) in [4.78, 5) is 0.836. The van der Waals surface area contributed by atoms with E-state index in [1.165, 1.54) is 11.3 Å². The summed E-state index contributed by atoms with van der Waals surface area (Å²) in [6.07, 6.45) is 0. The molecule has 2 aromatic heterocycles. The van der Waals surface area contributed by atoms with Crippen LogP contribution in [0.3, 0.4) is 0 Å². The Kier molecular flexibility index (Phi) is 4.76. The number of halogens is 1. The molecule has 0 aliphatic rings. The van der Waals surface area contributed by atoms with E-state index in [-0.39, 0.29) is 18.2 Å². The fourth-order valence-corrected chi connectivity index (χ4v) is 3.90. The number of hydrogen-bond donors (Lipinski definition) is 1. The van der Waals surface area contributed by atoms with Crippen molar-refractivity contribution >= 4 is 33.0 Å². The van der Waals surface area contributed by atoms with Gasteiger partial charge in [0.2, 0.25) is 15.9 Å². The summed E-state index contributed by atoms with van der Waals surface area (Å²) in [7, 11) is -3.56. The van der Waals surface area contributed by atoms with Crippen molar-refractivity contribution < 1.29 is 12.8 Å². The normalized spacial score (nSPS) is 11.7. The van der Waals surface area contributed by atoms with Gasteiger partial charge in [0.25, 0.3) is 5.89 Å². The fraction of sp³-hybridized carbons (Fsp3) is 0.143. The van der Waals surface area contributed by atoms with Gasteiger partial charge in [0.05, 0.1) is 17.2 Å². The van der Waals surface area contributed by atoms with E-state index in [4.69, 9.17) is 16.0 Å². The molecule has 0 saturated heterocycles. The number of rotatable bonds is 6. The maximum atomic E-state index is 12.1. The Morgan fingerprint density at radius 3 is 2.74 bits per heavy atom. The molecular weight excluding hydrogens is 358 g/mol. The van der Waals surface area contributed by atoms with Crippen molar-refractivity contribution in [3.63, 3.8) is 0 Å². The van der Waals surface area contributed by atoms with Gasteiger partial charge in [0.1, 0.15) is 0 Å². The van der Waals surface area contributed by atoms with E-state index in [0.29, 0.717) is 16.5 Å². The minimum Gasteiger partial charge on any atom is -0.418 e. The number of benzene rings is 1. The highest BCUT2D eigenvalue weighted by Crippen LogP contribution is 2.23. The molecule has 0 bridgehead atoms. The lowest BCUT2D eigenvalue weighted by atomic mass is 10.2. The Balaban J connectivity index is 1.64. The molecule has 0 fully saturated rings. The minimum absolute atomic E-state index is 0.0643. The monoisotopic (exact) mass is 369 g/mol. The molecule has 6 nitrogen and oxygen atoms in total. The lowest BCUT2D eigenvalue weighted by molar-refractivity contribution is 0.495. The Labute approximate surface area is 142 Å². The van der Waals surface area contributed by atoms with Crippen LogP contribution in [-0.4, -0.2) is 18.6 Å². The zero-order chi connectivity index (χ0) is 16.3. The molecule has 0 spiro atoms. The number of nitrogens with zero attached hydrogens (tertiary/aromatic N) is 2. The van der Waals surface area contributed by atoms with Gasteiger partial charge in [-0.05, 0) is 23.1 Å². The van der Waals surface area contributed by atoms with Gasteiger partial charge in [-0.25, -0.2) is 13.1 Å². The van der Waals surface area contributed by atoms with Gasteiger partial charge in [-0.2, -0.15) is 0 Å². The summed E-state index contributed by atoms with van der Waals surface area (Å²) in [5, 5.41) is 10.0. The van der Waals surface area contributed by atoms with Crippen LogP contribution in [0.1, 0.15) is 11.5 Å². The van der Waals surface area contributed by atoms with E-state index >= 15 is 0 Å². The first kappa shape index (κ1) is 16.1. The van der Waals surface area contributed by atoms with Crippen molar-refractivity contribution in [2.75, 3.05) is 0 Å². The molecule has 120 valence electrons. The second-order valence-corrected chi connectivity index (χ2v) is 7.81. The largest absolute Gasteiger partial charge is 0.418 e. The van der Waals surface area contributed by atoms with Crippen molar-refractivity contribution in [2.45, 2.75) is 12.3 Å². The first-order valence-electron chi connectivity index (χ1n) is 6.60. The SMILES string of the molecule is O=S(=O)(Cc1ccccc1Cl)NCc1nnc(-c2cccs2)o1. The van der Waals surface area contributed by atoms with Crippen LogP contribution in [0.25, 0.3) is 10.8 Å². The Hall–Kier alpha value is -1.74. The molecule has 0 unspecified atom stereocenters. The van der Waals surface area contributed by atoms with Crippen LogP contribution in [0, 0.1) is 0 Å². The predicted octanol–water partition coefficient (Wildman–Crippen LogP) is 3.07. The van der Waals surface area contributed by atoms with E-state index in [1.54, 1.807) is 24.3 Å². The molecule has 2 heterocycles. The van der Waals surface area contributed by atoms with Crippen LogP contribution in [0.2, 0.25) is 5.02 Å². The summed E-state index contributed by atoms with van der Waals surface area (Å²) in [5.41, 5.74) is 0.534. The Morgan fingerprint density at radius 2 is 2.00 bits per heavy atom. The average Bonchev–Trinajstić information content (AvgIpc) is 3.18. The van der Waals surface area contributed by atoms with Crippen LogP contribution in [0.15, 0.2) is 46.2 Å². The third kappa shape index (κ3) is 4.17. The molecule has 0 atom stereocenters. The quantitative estimate of drug-likeness (QED) is 0.721. The maximum absolute atomic E-state index is 12.1. The van der Waals surface area contributed by atoms with Crippen molar-refractivity contribution in [3.8, 4) is 10.8 Å². The molecule has 0 radical (unpaired) electrons. The van der Waals surface area contributed by atoms with Gasteiger partial charge in [-0.1, -0.05) is 35.9 Å². The van der Waals surface area contributed by atoms with Gasteiger partial charge in [-0.3, -0.25) is 0 Å². The summed E-state index contributed by atoms with van der Waals surface area (Å²) >= 11 is 7.44. The smallest absolute Gasteiger partial charge is 0.257 e. The van der Waals surface area contributed by atoms with Crippen molar-refractivity contribution in [1.82, 2.24) is 14.9 Å². The zero-order valence-corrected chi connectivity index (χ0v) is 14.2. The van der Waals surface area contributed by atoms with Crippen LogP contribution in [0.4, 0.5) is 0 Å². The van der Waals surface area contributed by atoms with Crippen LogP contribution in [-0.2, 0) is 22.3 Å². The highest BCUT2D eigenvalue weighted by Gasteiger charge is 2.16. The van der Waals surface area contributed by atoms with E-state index < -0.39 is 10.0 Å². The van der Waals surface area contributed by atoms with Crippen molar-refractivity contribution in [1.29, 1.82) is 0 Å². The molecule has 9 heteroatoms. The second-order valence-electron chi connectivity index (χ2n) is 4.65. The van der Waals surface area contributed by atoms with Crippen molar-refractivity contribution in [2.24, 2.45) is 0 Å². The number of thiophene rings is 1. The number of hydrogen-bond acceptors (Lipinski definition) is 6. The van der Waals surface area contributed by atoms with E-state index in [1.807, 2.05) is 17.5 Å². The number of nitrogens with one attached hydrogen (secondary N) is 1. The second kappa shape index (κ2) is 6.79. The predicted molar refractivity (Wildman–Crippen MR) is 88.5 cm³/mol. The van der Waals surface area contributed by atoms with Crippen molar-refractivity contribution in [3.05, 3.63) is 58.3 Å². The van der Waals surface area contributed by atoms with E-state index in [9.17, 15) is 8.42 Å². The minimum atomic E-state index is -3.56. The van der Waals surface area contributed by atoms with Gasteiger partial charge in [0.15, 0.2) is 0 Å². The zero-order valence-electron chi connectivity index (χ0n) is 11.8. The topological polar surface area (TPSA) is 85.1 Å². The highest BCUT2D eigenvalue weighted by molar-refractivity contribution is 7.88. The maximum Gasteiger partial charge on any atom is 0.257 e. The number of sulfonamides is 1. The van der Waals surface area contributed by atoms with Gasteiger partial charge in [-0.15, -0.1) is 21.5 Å². The highest BCUT2D eigenvalue weighted by atomic mass is 35.5. The average molecular weight is 370 g/mol. The molecule has 0 aliphatic carbocycles. The van der Waals surface area contributed by atoms with Gasteiger partial charge in [0, 0.05) is 5.02 Å². The lowest BCUT2D eigenvalue weighted by Crippen LogP contribution is -2.25. The fourth-order valence-electron chi connectivity index (χ4n) is 1.87. The lowest BCUT2D eigenvalue weighted by Gasteiger charge is -2.06. The number of aromatic nitrogens is 2. The third-order valence-corrected chi connectivity index (χ3v) is 5.45. The van der Waals surface area contributed by atoms with Crippen LogP contribution >= 0.6 is 22.9 Å². The molecule has 3 rings (SSSR count). The summed E-state index contributed by atoms with van der Waals surface area (Å²) in [5.74, 6) is 0.370. The summed E-state index contributed by atoms with van der Waals surface area (Å²) in [6, 6.07) is 10.5. The van der Waals surface area contributed by atoms with E-state index in [0.717, 1.165) is 4.88 Å². The molecular formula is C14H12ClN3O3S2. The summed E-state index contributed by atoms with van der Waals surface area (Å²) < 4.78 is 32.1. The van der Waals surface area contributed by atoms with Crippen LogP contribution < -0.4 is 4.72 Å². The molecule has 0 amide bonds. The standard InChI is InChI=1S/C14H12ClN3O3S2/c15-11-5-2-1-4-10(11)9-23(19,20)16-8-13-17-18-14(21-13)12-6-3-7-22-12/h1-7,16H,8-9H2. The first-order valence-corrected chi connectivity index (χ1v) is 9.51. The molecule has 23 heavy (non-hydrogen) atoms.